The number of amides is 1. The number of hydrogen-bond donors (Lipinski definition) is 1. The van der Waals surface area contributed by atoms with E-state index in [0.717, 1.165) is 27.1 Å². The zero-order valence-corrected chi connectivity index (χ0v) is 19.0. The number of aryl methyl sites for hydroxylation is 2. The molecule has 4 rings (SSSR count). The van der Waals surface area contributed by atoms with Crippen molar-refractivity contribution in [2.75, 3.05) is 11.9 Å². The molecule has 31 heavy (non-hydrogen) atoms. The lowest BCUT2D eigenvalue weighted by Crippen LogP contribution is -2.18. The third-order valence-corrected chi connectivity index (χ3v) is 5.64. The van der Waals surface area contributed by atoms with Crippen LogP contribution in [0.5, 0.6) is 11.6 Å². The molecular weight excluding hydrogens is 412 g/mol. The van der Waals surface area contributed by atoms with E-state index in [9.17, 15) is 4.79 Å². The summed E-state index contributed by atoms with van der Waals surface area (Å²) in [5.74, 6) is 0.575. The average Bonchev–Trinajstić information content (AvgIpc) is 3.10. The van der Waals surface area contributed by atoms with E-state index in [1.54, 1.807) is 0 Å². The Hall–Kier alpha value is -3.26. The molecule has 8 heteroatoms. The summed E-state index contributed by atoms with van der Waals surface area (Å²) in [5, 5.41) is 3.33. The van der Waals surface area contributed by atoms with Gasteiger partial charge in [-0.05, 0) is 76.1 Å². The van der Waals surface area contributed by atoms with Crippen LogP contribution < -0.4 is 14.8 Å². The lowest BCUT2D eigenvalue weighted by molar-refractivity contribution is 0.101. The van der Waals surface area contributed by atoms with Gasteiger partial charge in [0.05, 0.1) is 34.0 Å². The molecule has 0 atom stereocenters. The number of nitrogens with one attached hydrogen (secondary N) is 1. The summed E-state index contributed by atoms with van der Waals surface area (Å²) in [6.07, 6.45) is -0.149. The van der Waals surface area contributed by atoms with E-state index < -0.39 is 5.91 Å². The number of thiazole rings is 1. The fourth-order valence-corrected chi connectivity index (χ4v) is 4.01. The van der Waals surface area contributed by atoms with E-state index in [4.69, 9.17) is 9.47 Å². The first kappa shape index (κ1) is 21.0. The molecule has 0 bridgehead atoms. The van der Waals surface area contributed by atoms with Gasteiger partial charge in [-0.25, -0.2) is 15.0 Å². The molecule has 0 aliphatic carbocycles. The van der Waals surface area contributed by atoms with Crippen LogP contribution in [0, 0.1) is 13.8 Å². The number of ether oxygens (including phenoxy) is 2. The summed E-state index contributed by atoms with van der Waals surface area (Å²) < 4.78 is 12.3. The number of aromatic nitrogens is 3. The van der Waals surface area contributed by atoms with Gasteiger partial charge >= 0.3 is 0 Å². The standard InChI is InChI=1S/C23H24N4O3S/c1-6-29-15-7-8-16-19(11-15)31-23(26-16)27-21(28)20-22(30-12(2)3)25-18-10-14(5)13(4)9-17(18)24-20/h7-12H,6H2,1-5H3,(H,26,27,28). The number of nitrogens with zero attached hydrogens (tertiary/aromatic N) is 3. The summed E-state index contributed by atoms with van der Waals surface area (Å²) in [5.41, 5.74) is 4.46. The van der Waals surface area contributed by atoms with Crippen molar-refractivity contribution in [2.24, 2.45) is 0 Å². The van der Waals surface area contributed by atoms with E-state index in [1.807, 2.05) is 65.0 Å². The molecule has 0 spiro atoms. The minimum Gasteiger partial charge on any atom is -0.494 e. The molecule has 1 amide bonds. The van der Waals surface area contributed by atoms with E-state index in [2.05, 4.69) is 20.3 Å². The second-order valence-electron chi connectivity index (χ2n) is 7.50. The Kier molecular flexibility index (Phi) is 5.73. The zero-order chi connectivity index (χ0) is 22.1. The summed E-state index contributed by atoms with van der Waals surface area (Å²) in [7, 11) is 0. The summed E-state index contributed by atoms with van der Waals surface area (Å²) in [4.78, 5) is 26.8. The Morgan fingerprint density at radius 1 is 1.03 bits per heavy atom. The molecule has 0 saturated carbocycles. The van der Waals surface area contributed by atoms with Gasteiger partial charge in [0.1, 0.15) is 5.75 Å². The second kappa shape index (κ2) is 8.47. The number of benzene rings is 2. The number of hydrogen-bond acceptors (Lipinski definition) is 7. The van der Waals surface area contributed by atoms with Crippen molar-refractivity contribution in [3.8, 4) is 11.6 Å². The van der Waals surface area contributed by atoms with E-state index in [0.29, 0.717) is 22.8 Å². The molecule has 0 saturated heterocycles. The summed E-state index contributed by atoms with van der Waals surface area (Å²) in [6, 6.07) is 9.54. The Bertz CT molecular complexity index is 1280. The smallest absolute Gasteiger partial charge is 0.281 e. The van der Waals surface area contributed by atoms with Crippen LogP contribution in [0.4, 0.5) is 5.13 Å². The molecule has 0 aliphatic heterocycles. The van der Waals surface area contributed by atoms with Gasteiger partial charge in [0.15, 0.2) is 10.8 Å². The molecule has 160 valence electrons. The van der Waals surface area contributed by atoms with Crippen LogP contribution in [0.3, 0.4) is 0 Å². The normalized spacial score (nSPS) is 11.3. The van der Waals surface area contributed by atoms with Crippen LogP contribution in [0.1, 0.15) is 42.4 Å². The first-order valence-corrected chi connectivity index (χ1v) is 11.0. The van der Waals surface area contributed by atoms with E-state index in [1.165, 1.54) is 11.3 Å². The van der Waals surface area contributed by atoms with Gasteiger partial charge in [0.2, 0.25) is 5.88 Å². The van der Waals surface area contributed by atoms with Crippen LogP contribution in [-0.4, -0.2) is 33.6 Å². The van der Waals surface area contributed by atoms with Crippen molar-refractivity contribution in [3.05, 3.63) is 47.2 Å². The summed E-state index contributed by atoms with van der Waals surface area (Å²) >= 11 is 1.38. The Morgan fingerprint density at radius 3 is 2.42 bits per heavy atom. The maximum Gasteiger partial charge on any atom is 0.281 e. The number of fused-ring (bicyclic) bond motifs is 2. The van der Waals surface area contributed by atoms with Gasteiger partial charge in [-0.1, -0.05) is 11.3 Å². The first-order chi connectivity index (χ1) is 14.8. The van der Waals surface area contributed by atoms with Crippen LogP contribution in [0.2, 0.25) is 0 Å². The van der Waals surface area contributed by atoms with Gasteiger partial charge in [0, 0.05) is 0 Å². The molecular formula is C23H24N4O3S. The van der Waals surface area contributed by atoms with Gasteiger partial charge in [-0.2, -0.15) is 0 Å². The number of anilines is 1. The average molecular weight is 437 g/mol. The van der Waals surface area contributed by atoms with Crippen molar-refractivity contribution in [1.82, 2.24) is 15.0 Å². The minimum atomic E-state index is -0.410. The Labute approximate surface area is 184 Å². The van der Waals surface area contributed by atoms with Crippen molar-refractivity contribution in [1.29, 1.82) is 0 Å². The van der Waals surface area contributed by atoms with Gasteiger partial charge in [-0.3, -0.25) is 10.1 Å². The molecule has 1 N–H and O–H groups in total. The van der Waals surface area contributed by atoms with Crippen molar-refractivity contribution in [3.63, 3.8) is 0 Å². The monoisotopic (exact) mass is 436 g/mol. The number of carbonyl (C=O) groups is 1. The highest BCUT2D eigenvalue weighted by Gasteiger charge is 2.21. The minimum absolute atomic E-state index is 0.138. The van der Waals surface area contributed by atoms with E-state index >= 15 is 0 Å². The maximum absolute atomic E-state index is 13.1. The number of carbonyl (C=O) groups excluding carboxylic acids is 1. The third-order valence-electron chi connectivity index (χ3n) is 4.70. The summed E-state index contributed by atoms with van der Waals surface area (Å²) in [6.45, 7) is 10.3. The third kappa shape index (κ3) is 4.44. The fourth-order valence-electron chi connectivity index (χ4n) is 3.12. The lowest BCUT2D eigenvalue weighted by Gasteiger charge is -2.13. The van der Waals surface area contributed by atoms with Crippen molar-refractivity contribution < 1.29 is 14.3 Å². The molecule has 0 aliphatic rings. The van der Waals surface area contributed by atoms with Crippen molar-refractivity contribution >= 4 is 43.6 Å². The molecule has 2 heterocycles. The SMILES string of the molecule is CCOc1ccc2nc(NC(=O)c3nc4cc(C)c(C)cc4nc3OC(C)C)sc2c1. The largest absolute Gasteiger partial charge is 0.494 e. The molecule has 7 nitrogen and oxygen atoms in total. The molecule has 0 fully saturated rings. The lowest BCUT2D eigenvalue weighted by atomic mass is 10.1. The predicted molar refractivity (Wildman–Crippen MR) is 124 cm³/mol. The Morgan fingerprint density at radius 2 is 1.74 bits per heavy atom. The first-order valence-electron chi connectivity index (χ1n) is 10.1. The molecule has 0 radical (unpaired) electrons. The predicted octanol–water partition coefficient (Wildman–Crippen LogP) is 5.29. The van der Waals surface area contributed by atoms with Gasteiger partial charge < -0.3 is 9.47 Å². The second-order valence-corrected chi connectivity index (χ2v) is 8.54. The molecule has 2 aromatic heterocycles. The highest BCUT2D eigenvalue weighted by Crippen LogP contribution is 2.30. The topological polar surface area (TPSA) is 86.2 Å². The highest BCUT2D eigenvalue weighted by atomic mass is 32.1. The molecule has 4 aromatic rings. The van der Waals surface area contributed by atoms with Gasteiger partial charge in [-0.15, -0.1) is 0 Å². The zero-order valence-electron chi connectivity index (χ0n) is 18.1. The van der Waals surface area contributed by atoms with Crippen LogP contribution in [0.25, 0.3) is 21.3 Å². The van der Waals surface area contributed by atoms with Crippen LogP contribution >= 0.6 is 11.3 Å². The maximum atomic E-state index is 13.1. The molecule has 0 unspecified atom stereocenters. The highest BCUT2D eigenvalue weighted by molar-refractivity contribution is 7.22. The van der Waals surface area contributed by atoms with Crippen LogP contribution in [-0.2, 0) is 0 Å². The van der Waals surface area contributed by atoms with E-state index in [-0.39, 0.29) is 17.7 Å². The van der Waals surface area contributed by atoms with Crippen molar-refractivity contribution in [2.45, 2.75) is 40.7 Å². The van der Waals surface area contributed by atoms with Crippen LogP contribution in [0.15, 0.2) is 30.3 Å². The quantitative estimate of drug-likeness (QED) is 0.442. The Balaban J connectivity index is 1.70. The van der Waals surface area contributed by atoms with Gasteiger partial charge in [0.25, 0.3) is 5.91 Å². The number of rotatable bonds is 6. The fraction of sp³-hybridized carbons (Fsp3) is 0.304. The molecule has 2 aromatic carbocycles.